The monoisotopic (exact) mass is 819 g/mol. The van der Waals surface area contributed by atoms with E-state index in [-0.39, 0.29) is 37.0 Å². The van der Waals surface area contributed by atoms with Gasteiger partial charge >= 0.3 is 0 Å². The number of aliphatic hydroxyl groups is 1. The molecule has 0 fully saturated rings. The summed E-state index contributed by atoms with van der Waals surface area (Å²) in [6.07, 6.45) is 0.713. The van der Waals surface area contributed by atoms with Gasteiger partial charge in [0.2, 0.25) is 11.8 Å². The molecule has 3 rings (SSSR count). The zero-order valence-corrected chi connectivity index (χ0v) is 37.7. The summed E-state index contributed by atoms with van der Waals surface area (Å²) in [4.78, 5) is 35.9. The summed E-state index contributed by atoms with van der Waals surface area (Å²) in [5.74, 6) is -0.0330. The molecule has 0 aliphatic rings. The lowest BCUT2D eigenvalue weighted by Gasteiger charge is -2.32. The average molecular weight is 820 g/mol. The van der Waals surface area contributed by atoms with Crippen molar-refractivity contribution < 1.29 is 24.0 Å². The third-order valence-electron chi connectivity index (χ3n) is 6.68. The number of hydrogen-bond acceptors (Lipinski definition) is 8. The lowest BCUT2D eigenvalue weighted by molar-refractivity contribution is -0.384. The quantitative estimate of drug-likeness (QED) is 0.0432. The van der Waals surface area contributed by atoms with E-state index >= 15 is 0 Å². The van der Waals surface area contributed by atoms with Crippen molar-refractivity contribution >= 4 is 41.5 Å². The van der Waals surface area contributed by atoms with Crippen molar-refractivity contribution in [2.45, 2.75) is 108 Å². The molecule has 0 radical (unpaired) electrons. The van der Waals surface area contributed by atoms with Gasteiger partial charge < -0.3 is 21.1 Å². The van der Waals surface area contributed by atoms with Crippen molar-refractivity contribution in [1.82, 2.24) is 20.3 Å². The van der Waals surface area contributed by atoms with Gasteiger partial charge in [0.1, 0.15) is 5.82 Å². The molecule has 13 heteroatoms. The van der Waals surface area contributed by atoms with Gasteiger partial charge in [0.15, 0.2) is 0 Å². The van der Waals surface area contributed by atoms with Crippen molar-refractivity contribution in [3.8, 4) is 0 Å². The Balaban J connectivity index is 0. The van der Waals surface area contributed by atoms with Crippen molar-refractivity contribution in [1.29, 1.82) is 0 Å². The Hall–Kier alpha value is -3.41. The van der Waals surface area contributed by atoms with E-state index in [0.717, 1.165) is 16.8 Å². The standard InChI is InChI=1S/C32H41FN5O5PS.C4H10.C3H8.2C2H6/c1-23(2)21-37(45-44(3)28-14-12-27(13-15-28)38(42)43)22-30(39)29(17-24-8-5-4-6-9-24)36-32(41)20-35-31(40)19-34-18-25-10-7-11-26(33)16-25;1-4(2)3;1-3-2;2*1-2/h4-16,23,29-30,34,39H,17-22H2,1-3H3,(H,35,40)(H,36,41);4H,1-3H3;3H2,1-2H3;2*1-2H3/t29-,30+,44?;;;;/m0..../s1. The minimum atomic E-state index is -0.927. The molecule has 0 saturated heterocycles. The highest BCUT2D eigenvalue weighted by Gasteiger charge is 2.26. The summed E-state index contributed by atoms with van der Waals surface area (Å²) in [5, 5.41) is 31.9. The van der Waals surface area contributed by atoms with E-state index < -0.39 is 30.1 Å². The van der Waals surface area contributed by atoms with Gasteiger partial charge in [0.25, 0.3) is 5.69 Å². The Kier molecular flexibility index (Phi) is 32.9. The molecule has 2 amide bonds. The van der Waals surface area contributed by atoms with Gasteiger partial charge in [-0.15, -0.1) is 0 Å². The fourth-order valence-corrected chi connectivity index (χ4v) is 8.19. The van der Waals surface area contributed by atoms with E-state index in [0.29, 0.717) is 31.0 Å². The number of benzene rings is 3. The number of rotatable bonds is 18. The smallest absolute Gasteiger partial charge is 0.269 e. The minimum Gasteiger partial charge on any atom is -0.390 e. The molecule has 0 aliphatic heterocycles. The summed E-state index contributed by atoms with van der Waals surface area (Å²) in [6, 6.07) is 21.5. The van der Waals surface area contributed by atoms with Crippen LogP contribution in [0.4, 0.5) is 10.1 Å². The van der Waals surface area contributed by atoms with Gasteiger partial charge in [-0.1, -0.05) is 125 Å². The first-order chi connectivity index (χ1) is 26.6. The topological polar surface area (TPSA) is 137 Å². The number of halogens is 1. The van der Waals surface area contributed by atoms with Crippen molar-refractivity contribution in [3.05, 3.63) is 106 Å². The molecule has 0 spiro atoms. The molecular weight excluding hydrogens is 749 g/mol. The molecule has 10 nitrogen and oxygen atoms in total. The average Bonchev–Trinajstić information content (AvgIpc) is 3.15. The second kappa shape index (κ2) is 33.7. The van der Waals surface area contributed by atoms with Crippen molar-refractivity contribution in [2.75, 3.05) is 32.8 Å². The molecule has 1 unspecified atom stereocenters. The van der Waals surface area contributed by atoms with Crippen LogP contribution in [0.2, 0.25) is 0 Å². The molecule has 3 aromatic rings. The van der Waals surface area contributed by atoms with Gasteiger partial charge in [0.05, 0.1) is 30.2 Å². The van der Waals surface area contributed by atoms with Crippen LogP contribution in [0.1, 0.15) is 93.7 Å². The van der Waals surface area contributed by atoms with Crippen LogP contribution in [-0.2, 0) is 22.6 Å². The first-order valence-electron chi connectivity index (χ1n) is 19.8. The zero-order valence-electron chi connectivity index (χ0n) is 36.0. The van der Waals surface area contributed by atoms with Crippen molar-refractivity contribution in [2.24, 2.45) is 11.8 Å². The lowest BCUT2D eigenvalue weighted by atomic mass is 10.0. The number of nitro groups is 1. The number of non-ortho nitro benzene ring substituents is 1. The van der Waals surface area contributed by atoms with E-state index in [1.807, 2.05) is 58.0 Å². The summed E-state index contributed by atoms with van der Waals surface area (Å²) in [5.41, 5.74) is 1.68. The molecule has 4 N–H and O–H groups in total. The molecule has 0 saturated carbocycles. The second-order valence-electron chi connectivity index (χ2n) is 13.5. The highest BCUT2D eigenvalue weighted by Crippen LogP contribution is 2.47. The van der Waals surface area contributed by atoms with Crippen LogP contribution in [-0.4, -0.2) is 71.1 Å². The number of nitrogens with one attached hydrogen (secondary N) is 3. The number of carbonyl (C=O) groups is 2. The molecule has 3 aromatic carbocycles. The highest BCUT2D eigenvalue weighted by molar-refractivity contribution is 8.56. The van der Waals surface area contributed by atoms with Gasteiger partial charge in [0, 0.05) is 31.8 Å². The van der Waals surface area contributed by atoms with E-state index in [9.17, 15) is 29.2 Å². The van der Waals surface area contributed by atoms with E-state index in [4.69, 9.17) is 0 Å². The third-order valence-corrected chi connectivity index (χ3v) is 10.5. The summed E-state index contributed by atoms with van der Waals surface area (Å²) < 4.78 is 15.5. The van der Waals surface area contributed by atoms with Crippen LogP contribution in [0.25, 0.3) is 0 Å². The Labute approximate surface area is 343 Å². The molecule has 3 atom stereocenters. The maximum atomic E-state index is 13.4. The van der Waals surface area contributed by atoms with Gasteiger partial charge in [-0.3, -0.25) is 19.7 Å². The number of amides is 2. The van der Waals surface area contributed by atoms with Crippen LogP contribution >= 0.6 is 18.7 Å². The minimum absolute atomic E-state index is 0.0393. The van der Waals surface area contributed by atoms with Crippen LogP contribution < -0.4 is 21.3 Å². The Morgan fingerprint density at radius 3 is 1.93 bits per heavy atom. The Bertz CT molecular complexity index is 1450. The fraction of sp³-hybridized carbons (Fsp3) is 0.535. The number of aliphatic hydroxyl groups excluding tert-OH is 1. The highest BCUT2D eigenvalue weighted by atomic mass is 32.7. The van der Waals surface area contributed by atoms with Crippen LogP contribution in [0.15, 0.2) is 78.9 Å². The largest absolute Gasteiger partial charge is 0.390 e. The predicted octanol–water partition coefficient (Wildman–Crippen LogP) is 9.12. The van der Waals surface area contributed by atoms with Crippen molar-refractivity contribution in [3.63, 3.8) is 0 Å². The van der Waals surface area contributed by atoms with Gasteiger partial charge in [-0.05, 0) is 84.3 Å². The lowest BCUT2D eigenvalue weighted by Crippen LogP contribution is -2.51. The van der Waals surface area contributed by atoms with E-state index in [1.165, 1.54) is 30.7 Å². The van der Waals surface area contributed by atoms with E-state index in [2.05, 4.69) is 75.4 Å². The number of carbonyl (C=O) groups excluding carboxylic acids is 2. The Morgan fingerprint density at radius 1 is 0.857 bits per heavy atom. The second-order valence-corrected chi connectivity index (χ2v) is 17.8. The Morgan fingerprint density at radius 2 is 1.41 bits per heavy atom. The maximum absolute atomic E-state index is 13.4. The number of nitro benzene ring substituents is 1. The first kappa shape index (κ1) is 54.7. The SMILES string of the molecule is CC.CC.CC(C)C.CC(C)CN(C[C@@H](O)[C@H](Cc1ccccc1)NC(=O)CNC(=O)CNCc1cccc(F)c1)SP(C)c1ccc([N+](=O)[O-])cc1.CCC. The molecule has 56 heavy (non-hydrogen) atoms. The molecule has 316 valence electrons. The van der Waals surface area contributed by atoms with Crippen LogP contribution in [0, 0.1) is 27.8 Å². The van der Waals surface area contributed by atoms with Crippen LogP contribution in [0.3, 0.4) is 0 Å². The molecule has 0 bridgehead atoms. The molecule has 0 aromatic heterocycles. The molecular formula is C43H71FN5O5PS. The van der Waals surface area contributed by atoms with Crippen LogP contribution in [0.5, 0.6) is 0 Å². The number of nitrogens with zero attached hydrogens (tertiary/aromatic N) is 2. The summed E-state index contributed by atoms with van der Waals surface area (Å²) >= 11 is 1.60. The third kappa shape index (κ3) is 27.2. The van der Waals surface area contributed by atoms with E-state index in [1.54, 1.807) is 35.8 Å². The predicted molar refractivity (Wildman–Crippen MR) is 238 cm³/mol. The molecule has 0 heterocycles. The summed E-state index contributed by atoms with van der Waals surface area (Å²) in [6.45, 7) is 25.9. The zero-order chi connectivity index (χ0) is 43.1. The fourth-order valence-electron chi connectivity index (χ4n) is 4.51. The first-order valence-corrected chi connectivity index (χ1v) is 23.0. The van der Waals surface area contributed by atoms with Gasteiger partial charge in [-0.2, -0.15) is 0 Å². The number of hydrogen-bond donors (Lipinski definition) is 4. The normalized spacial score (nSPS) is 11.9. The van der Waals surface area contributed by atoms with Gasteiger partial charge in [-0.25, -0.2) is 8.70 Å². The summed E-state index contributed by atoms with van der Waals surface area (Å²) in [7, 11) is -0.778. The maximum Gasteiger partial charge on any atom is 0.269 e. The molecule has 0 aliphatic carbocycles.